The molecule has 2 aromatic carbocycles. The molecular formula is C43H56N12O8. The van der Waals surface area contributed by atoms with E-state index in [-0.39, 0.29) is 73.3 Å². The molecule has 0 bridgehead atoms. The fourth-order valence-electron chi connectivity index (χ4n) is 7.76. The average Bonchev–Trinajstić information content (AvgIpc) is 3.98. The van der Waals surface area contributed by atoms with Crippen LogP contribution in [-0.4, -0.2) is 105 Å². The van der Waals surface area contributed by atoms with Crippen LogP contribution in [0.15, 0.2) is 52.4 Å². The molecule has 4 amide bonds. The molecule has 0 aliphatic rings. The van der Waals surface area contributed by atoms with Gasteiger partial charge in [-0.25, -0.2) is 0 Å². The van der Waals surface area contributed by atoms with Crippen LogP contribution < -0.4 is 27.4 Å². The van der Waals surface area contributed by atoms with Gasteiger partial charge < -0.3 is 49.1 Å². The van der Waals surface area contributed by atoms with Gasteiger partial charge in [0.2, 0.25) is 23.1 Å². The maximum atomic E-state index is 14.1. The Morgan fingerprint density at radius 2 is 1.21 bits per heavy atom. The van der Waals surface area contributed by atoms with E-state index in [2.05, 4.69) is 20.2 Å². The van der Waals surface area contributed by atoms with Gasteiger partial charge in [-0.3, -0.25) is 28.5 Å². The quantitative estimate of drug-likeness (QED) is 0.100. The van der Waals surface area contributed by atoms with Crippen LogP contribution >= 0.6 is 0 Å². The lowest BCUT2D eigenvalue weighted by molar-refractivity contribution is -0.0801. The van der Waals surface area contributed by atoms with Crippen molar-refractivity contribution in [1.29, 1.82) is 0 Å². The number of nitrogens with zero attached hydrogens (tertiary/aromatic N) is 10. The summed E-state index contributed by atoms with van der Waals surface area (Å²) in [6.45, 7) is 12.6. The summed E-state index contributed by atoms with van der Waals surface area (Å²) in [5.74, 6) is -2.12. The van der Waals surface area contributed by atoms with E-state index in [4.69, 9.17) is 25.7 Å². The second kappa shape index (κ2) is 19.6. The molecule has 2 atom stereocenters. The van der Waals surface area contributed by atoms with Gasteiger partial charge in [-0.15, -0.1) is 0 Å². The minimum Gasteiger partial charge on any atom is -0.491 e. The second-order valence-electron chi connectivity index (χ2n) is 14.9. The van der Waals surface area contributed by atoms with Crippen molar-refractivity contribution in [3.05, 3.63) is 87.6 Å². The highest BCUT2D eigenvalue weighted by Crippen LogP contribution is 2.29. The average molecular weight is 869 g/mol. The molecule has 336 valence electrons. The lowest BCUT2D eigenvalue weighted by atomic mass is 10.1. The number of aliphatic hydroxyl groups is 1. The van der Waals surface area contributed by atoms with Crippen molar-refractivity contribution in [3.63, 3.8) is 0 Å². The summed E-state index contributed by atoms with van der Waals surface area (Å²) in [5.41, 5.74) is 16.5. The Kier molecular flexibility index (Phi) is 14.3. The zero-order valence-electron chi connectivity index (χ0n) is 37.0. The van der Waals surface area contributed by atoms with Gasteiger partial charge in [0.15, 0.2) is 0 Å². The molecule has 2 unspecified atom stereocenters. The number of ether oxygens (including phenoxy) is 3. The van der Waals surface area contributed by atoms with Gasteiger partial charge in [-0.05, 0) is 84.0 Å². The summed E-state index contributed by atoms with van der Waals surface area (Å²) < 4.78 is 29.5. The number of amides is 4. The number of nitrogens with two attached hydrogens (primary N) is 2. The highest BCUT2D eigenvalue weighted by Gasteiger charge is 2.30. The number of aryl methyl sites for hydroxylation is 6. The Morgan fingerprint density at radius 3 is 1.71 bits per heavy atom. The third-order valence-electron chi connectivity index (χ3n) is 10.7. The van der Waals surface area contributed by atoms with Crippen molar-refractivity contribution in [2.45, 2.75) is 86.4 Å². The molecule has 5 N–H and O–H groups in total. The Balaban J connectivity index is 1.57. The number of hydrogen-bond acceptors (Lipinski definition) is 10. The first-order valence-corrected chi connectivity index (χ1v) is 20.9. The molecule has 0 saturated heterocycles. The van der Waals surface area contributed by atoms with Crippen molar-refractivity contribution in [3.8, 4) is 5.75 Å². The molecule has 6 aromatic rings. The molecule has 20 heteroatoms. The fourth-order valence-corrected chi connectivity index (χ4v) is 7.76. The van der Waals surface area contributed by atoms with Gasteiger partial charge in [-0.2, -0.15) is 20.2 Å². The number of aliphatic hydroxyl groups excluding tert-OH is 1. The van der Waals surface area contributed by atoms with E-state index >= 15 is 0 Å². The molecule has 0 spiro atoms. The van der Waals surface area contributed by atoms with Gasteiger partial charge >= 0.3 is 0 Å². The number of benzene rings is 2. The van der Waals surface area contributed by atoms with Gasteiger partial charge in [-0.1, -0.05) is 0 Å². The van der Waals surface area contributed by atoms with E-state index in [1.807, 2.05) is 32.3 Å². The maximum Gasteiger partial charge on any atom is 0.298 e. The zero-order valence-corrected chi connectivity index (χ0v) is 37.0. The molecule has 6 rings (SSSR count). The SMILES string of the molecule is CCOC(Cn1c(=NC(=O)c2cc(C)nn2CC)n(C)c2cc(C(N)=O)ccc21)C(Cn1c(=NC(=O)c2cc(C)nn2CC)n(C)c2cc(C(N)=O)cc(OCCCO)c21)OCC. The number of hydrogen-bond donors (Lipinski definition) is 3. The van der Waals surface area contributed by atoms with Crippen LogP contribution in [0.2, 0.25) is 0 Å². The number of aromatic nitrogens is 8. The van der Waals surface area contributed by atoms with Crippen LogP contribution in [0.1, 0.15) is 87.2 Å². The Bertz CT molecular complexity index is 2830. The predicted octanol–water partition coefficient (Wildman–Crippen LogP) is 2.27. The summed E-state index contributed by atoms with van der Waals surface area (Å²) in [4.78, 5) is 62.3. The van der Waals surface area contributed by atoms with Crippen molar-refractivity contribution in [2.75, 3.05) is 26.4 Å². The van der Waals surface area contributed by atoms with Crippen LogP contribution in [0.3, 0.4) is 0 Å². The second-order valence-corrected chi connectivity index (χ2v) is 14.9. The van der Waals surface area contributed by atoms with Crippen molar-refractivity contribution in [2.24, 2.45) is 35.5 Å². The summed E-state index contributed by atoms with van der Waals surface area (Å²) in [6, 6.07) is 11.5. The van der Waals surface area contributed by atoms with E-state index in [9.17, 15) is 24.3 Å². The van der Waals surface area contributed by atoms with Gasteiger partial charge in [0.25, 0.3) is 11.8 Å². The van der Waals surface area contributed by atoms with E-state index in [1.54, 1.807) is 87.4 Å². The standard InChI is InChI=1S/C43H56N12O8/c1-9-54-32(18-25(5)48-54)40(59)46-42-50(7)30-20-27(38(44)57)14-15-29(30)52(42)23-35(61-11-3)36(62-12-4)24-53-37-31(21-28(39(45)58)22-34(37)63-17-13-16-56)51(8)43(53)47-41(60)33-19-26(6)49-55(33)10-2/h14-15,18-22,35-36,56H,9-13,16-17,23-24H2,1-8H3,(H2,44,57)(H2,45,58). The minimum atomic E-state index is -0.764. The lowest BCUT2D eigenvalue weighted by Crippen LogP contribution is -2.43. The van der Waals surface area contributed by atoms with Gasteiger partial charge in [0.05, 0.1) is 47.6 Å². The first-order valence-electron chi connectivity index (χ1n) is 20.9. The molecule has 0 fully saturated rings. The molecule has 63 heavy (non-hydrogen) atoms. The first kappa shape index (κ1) is 45.9. The Hall–Kier alpha value is -6.64. The van der Waals surface area contributed by atoms with Crippen molar-refractivity contribution >= 4 is 45.7 Å². The monoisotopic (exact) mass is 868 g/mol. The fraction of sp³-hybridized carbons (Fsp3) is 0.442. The summed E-state index contributed by atoms with van der Waals surface area (Å²) in [7, 11) is 3.46. The number of imidazole rings is 2. The van der Waals surface area contributed by atoms with Gasteiger partial charge in [0.1, 0.15) is 34.9 Å². The molecule has 0 aliphatic carbocycles. The van der Waals surface area contributed by atoms with Gasteiger partial charge in [0, 0.05) is 64.6 Å². The Labute approximate surface area is 363 Å². The van der Waals surface area contributed by atoms with Crippen LogP contribution in [0.25, 0.3) is 22.1 Å². The van der Waals surface area contributed by atoms with Crippen molar-refractivity contribution in [1.82, 2.24) is 37.8 Å². The highest BCUT2D eigenvalue weighted by molar-refractivity contribution is 5.99. The number of carbonyl (C=O) groups is 4. The summed E-state index contributed by atoms with van der Waals surface area (Å²) in [6.07, 6.45) is -1.20. The number of fused-ring (bicyclic) bond motifs is 2. The summed E-state index contributed by atoms with van der Waals surface area (Å²) >= 11 is 0. The lowest BCUT2D eigenvalue weighted by Gasteiger charge is -2.28. The Morgan fingerprint density at radius 1 is 0.698 bits per heavy atom. The smallest absolute Gasteiger partial charge is 0.298 e. The van der Waals surface area contributed by atoms with Crippen LogP contribution in [-0.2, 0) is 49.7 Å². The van der Waals surface area contributed by atoms with E-state index < -0.39 is 35.8 Å². The molecule has 20 nitrogen and oxygen atoms in total. The molecule has 0 radical (unpaired) electrons. The molecular weight excluding hydrogens is 813 g/mol. The topological polar surface area (TPSA) is 248 Å². The van der Waals surface area contributed by atoms with Crippen LogP contribution in [0, 0.1) is 13.8 Å². The third-order valence-corrected chi connectivity index (χ3v) is 10.7. The number of primary amides is 2. The highest BCUT2D eigenvalue weighted by atomic mass is 16.5. The minimum absolute atomic E-state index is 0.0395. The normalized spacial score (nSPS) is 13.3. The molecule has 0 saturated carbocycles. The van der Waals surface area contributed by atoms with Crippen molar-refractivity contribution < 1.29 is 38.5 Å². The summed E-state index contributed by atoms with van der Waals surface area (Å²) in [5, 5.41) is 18.5. The number of rotatable bonds is 19. The largest absolute Gasteiger partial charge is 0.491 e. The van der Waals surface area contributed by atoms with E-state index in [0.29, 0.717) is 58.7 Å². The van der Waals surface area contributed by atoms with Crippen LogP contribution in [0.4, 0.5) is 0 Å². The first-order chi connectivity index (χ1) is 30.1. The zero-order chi connectivity index (χ0) is 45.7. The van der Waals surface area contributed by atoms with E-state index in [1.165, 1.54) is 6.07 Å². The predicted molar refractivity (Wildman–Crippen MR) is 232 cm³/mol. The van der Waals surface area contributed by atoms with E-state index in [0.717, 1.165) is 0 Å². The third kappa shape index (κ3) is 9.42. The maximum absolute atomic E-state index is 14.1. The molecule has 0 aliphatic heterocycles. The molecule has 4 aromatic heterocycles. The van der Waals surface area contributed by atoms with Crippen LogP contribution in [0.5, 0.6) is 5.75 Å². The molecule has 4 heterocycles. The number of carbonyl (C=O) groups excluding carboxylic acids is 4.